The average molecular weight is 405 g/mol. The Bertz CT molecular complexity index is 1050. The maximum absolute atomic E-state index is 13.3. The number of ether oxygens (including phenoxy) is 1. The SMILES string of the molecule is CC(C)n1c(C2CCCN2C(=O)c2ccc(OCC3CC3)nc2)nc2ccccc21. The predicted octanol–water partition coefficient (Wildman–Crippen LogP) is 4.78. The molecule has 1 amide bonds. The molecule has 6 heteroatoms. The largest absolute Gasteiger partial charge is 0.477 e. The Morgan fingerprint density at radius 2 is 2.00 bits per heavy atom. The molecule has 0 bridgehead atoms. The molecule has 1 aromatic carbocycles. The van der Waals surface area contributed by atoms with Crippen LogP contribution < -0.4 is 4.74 Å². The van der Waals surface area contributed by atoms with E-state index in [-0.39, 0.29) is 18.0 Å². The maximum Gasteiger partial charge on any atom is 0.256 e. The zero-order chi connectivity index (χ0) is 20.7. The van der Waals surface area contributed by atoms with Crippen molar-refractivity contribution in [3.05, 3.63) is 54.0 Å². The third-order valence-electron chi connectivity index (χ3n) is 6.10. The van der Waals surface area contributed by atoms with E-state index in [2.05, 4.69) is 29.5 Å². The molecule has 0 spiro atoms. The van der Waals surface area contributed by atoms with Crippen LogP contribution in [0, 0.1) is 5.92 Å². The Kier molecular flexibility index (Phi) is 4.93. The molecule has 1 unspecified atom stereocenters. The standard InChI is InChI=1S/C24H28N4O2/c1-16(2)28-20-7-4-3-6-19(20)26-23(28)21-8-5-13-27(21)24(29)18-11-12-22(25-14-18)30-15-17-9-10-17/h3-4,6-7,11-12,14,16-17,21H,5,8-10,13,15H2,1-2H3. The van der Waals surface area contributed by atoms with Crippen molar-refractivity contribution in [2.45, 2.75) is 51.6 Å². The van der Waals surface area contributed by atoms with E-state index >= 15 is 0 Å². The van der Waals surface area contributed by atoms with Gasteiger partial charge in [-0.15, -0.1) is 0 Å². The van der Waals surface area contributed by atoms with Gasteiger partial charge in [0.25, 0.3) is 5.91 Å². The summed E-state index contributed by atoms with van der Waals surface area (Å²) in [6, 6.07) is 12.1. The third-order valence-corrected chi connectivity index (χ3v) is 6.10. The zero-order valence-electron chi connectivity index (χ0n) is 17.6. The first-order valence-electron chi connectivity index (χ1n) is 11.0. The molecule has 1 aliphatic heterocycles. The van der Waals surface area contributed by atoms with Gasteiger partial charge >= 0.3 is 0 Å². The number of aromatic nitrogens is 3. The van der Waals surface area contributed by atoms with Gasteiger partial charge in [-0.1, -0.05) is 12.1 Å². The number of amides is 1. The first kappa shape index (κ1) is 19.1. The number of benzene rings is 1. The van der Waals surface area contributed by atoms with Crippen molar-refractivity contribution >= 4 is 16.9 Å². The number of imidazole rings is 1. The van der Waals surface area contributed by atoms with Crippen molar-refractivity contribution in [1.82, 2.24) is 19.4 Å². The number of para-hydroxylation sites is 2. The summed E-state index contributed by atoms with van der Waals surface area (Å²) in [5.41, 5.74) is 2.72. The molecule has 2 aliphatic rings. The van der Waals surface area contributed by atoms with E-state index in [1.165, 1.54) is 12.8 Å². The average Bonchev–Trinajstić information content (AvgIpc) is 3.31. The number of rotatable bonds is 6. The summed E-state index contributed by atoms with van der Waals surface area (Å²) in [5, 5.41) is 0. The zero-order valence-corrected chi connectivity index (χ0v) is 17.6. The lowest BCUT2D eigenvalue weighted by Gasteiger charge is -2.26. The molecule has 6 nitrogen and oxygen atoms in total. The second-order valence-electron chi connectivity index (χ2n) is 8.72. The van der Waals surface area contributed by atoms with Gasteiger partial charge in [0.2, 0.25) is 5.88 Å². The fourth-order valence-electron chi connectivity index (χ4n) is 4.36. The smallest absolute Gasteiger partial charge is 0.256 e. The summed E-state index contributed by atoms with van der Waals surface area (Å²) in [5.74, 6) is 2.27. The van der Waals surface area contributed by atoms with E-state index in [9.17, 15) is 4.79 Å². The third kappa shape index (κ3) is 3.55. The quantitative estimate of drug-likeness (QED) is 0.593. The van der Waals surface area contributed by atoms with Crippen LogP contribution in [0.5, 0.6) is 5.88 Å². The molecule has 1 saturated carbocycles. The first-order chi connectivity index (χ1) is 14.6. The lowest BCUT2D eigenvalue weighted by Crippen LogP contribution is -2.32. The lowest BCUT2D eigenvalue weighted by atomic mass is 10.1. The Hall–Kier alpha value is -2.89. The van der Waals surface area contributed by atoms with Gasteiger partial charge < -0.3 is 14.2 Å². The van der Waals surface area contributed by atoms with Gasteiger partial charge in [0.1, 0.15) is 5.82 Å². The van der Waals surface area contributed by atoms with E-state index in [1.807, 2.05) is 35.2 Å². The summed E-state index contributed by atoms with van der Waals surface area (Å²) in [6.45, 7) is 5.80. The molecule has 1 atom stereocenters. The fraction of sp³-hybridized carbons (Fsp3) is 0.458. The van der Waals surface area contributed by atoms with E-state index in [0.29, 0.717) is 17.4 Å². The summed E-state index contributed by atoms with van der Waals surface area (Å²) < 4.78 is 7.98. The van der Waals surface area contributed by atoms with E-state index in [1.54, 1.807) is 6.20 Å². The topological polar surface area (TPSA) is 60.2 Å². The maximum atomic E-state index is 13.3. The highest BCUT2D eigenvalue weighted by atomic mass is 16.5. The molecule has 1 saturated heterocycles. The molecule has 0 radical (unpaired) electrons. The number of hydrogen-bond donors (Lipinski definition) is 0. The van der Waals surface area contributed by atoms with Crippen molar-refractivity contribution < 1.29 is 9.53 Å². The Morgan fingerprint density at radius 1 is 1.17 bits per heavy atom. The van der Waals surface area contributed by atoms with Gasteiger partial charge in [-0.05, 0) is 63.6 Å². The highest BCUT2D eigenvalue weighted by molar-refractivity contribution is 5.94. The van der Waals surface area contributed by atoms with Crippen molar-refractivity contribution in [2.75, 3.05) is 13.2 Å². The van der Waals surface area contributed by atoms with Crippen LogP contribution in [0.2, 0.25) is 0 Å². The summed E-state index contributed by atoms with van der Waals surface area (Å²) in [6.07, 6.45) is 6.04. The molecular formula is C24H28N4O2. The summed E-state index contributed by atoms with van der Waals surface area (Å²) in [4.78, 5) is 24.6. The van der Waals surface area contributed by atoms with Crippen LogP contribution in [-0.4, -0.2) is 38.5 Å². The van der Waals surface area contributed by atoms with Crippen molar-refractivity contribution in [3.63, 3.8) is 0 Å². The number of hydrogen-bond acceptors (Lipinski definition) is 4. The normalized spacial score (nSPS) is 19.0. The van der Waals surface area contributed by atoms with Crippen molar-refractivity contribution in [2.24, 2.45) is 5.92 Å². The molecule has 2 fully saturated rings. The number of carbonyl (C=O) groups is 1. The minimum Gasteiger partial charge on any atom is -0.477 e. The minimum atomic E-state index is -0.0157. The van der Waals surface area contributed by atoms with Crippen LogP contribution in [0.25, 0.3) is 11.0 Å². The summed E-state index contributed by atoms with van der Waals surface area (Å²) in [7, 11) is 0. The molecule has 30 heavy (non-hydrogen) atoms. The van der Waals surface area contributed by atoms with Gasteiger partial charge in [0.05, 0.1) is 29.2 Å². The van der Waals surface area contributed by atoms with Crippen LogP contribution in [0.15, 0.2) is 42.6 Å². The number of likely N-dealkylation sites (tertiary alicyclic amines) is 1. The van der Waals surface area contributed by atoms with Crippen LogP contribution in [0.1, 0.15) is 67.8 Å². The molecule has 3 aromatic rings. The van der Waals surface area contributed by atoms with Crippen LogP contribution in [0.4, 0.5) is 0 Å². The monoisotopic (exact) mass is 404 g/mol. The van der Waals surface area contributed by atoms with Crippen LogP contribution >= 0.6 is 0 Å². The van der Waals surface area contributed by atoms with E-state index in [4.69, 9.17) is 9.72 Å². The molecule has 0 N–H and O–H groups in total. The molecule has 2 aromatic heterocycles. The van der Waals surface area contributed by atoms with E-state index < -0.39 is 0 Å². The molecule has 156 valence electrons. The molecule has 5 rings (SSSR count). The van der Waals surface area contributed by atoms with E-state index in [0.717, 1.165) is 42.9 Å². The number of carbonyl (C=O) groups excluding carboxylic acids is 1. The van der Waals surface area contributed by atoms with Crippen molar-refractivity contribution in [3.8, 4) is 5.88 Å². The highest BCUT2D eigenvalue weighted by Gasteiger charge is 2.34. The van der Waals surface area contributed by atoms with Gasteiger partial charge in [0, 0.05) is 24.8 Å². The first-order valence-corrected chi connectivity index (χ1v) is 11.0. The number of pyridine rings is 1. The van der Waals surface area contributed by atoms with Gasteiger partial charge in [-0.2, -0.15) is 0 Å². The second-order valence-corrected chi connectivity index (χ2v) is 8.72. The van der Waals surface area contributed by atoms with Gasteiger partial charge in [-0.25, -0.2) is 9.97 Å². The Balaban J connectivity index is 1.40. The molecular weight excluding hydrogens is 376 g/mol. The highest BCUT2D eigenvalue weighted by Crippen LogP contribution is 2.36. The second kappa shape index (κ2) is 7.74. The summed E-state index contributed by atoms with van der Waals surface area (Å²) >= 11 is 0. The Morgan fingerprint density at radius 3 is 2.73 bits per heavy atom. The van der Waals surface area contributed by atoms with Gasteiger partial charge in [0.15, 0.2) is 0 Å². The molecule has 3 heterocycles. The number of nitrogens with zero attached hydrogens (tertiary/aromatic N) is 4. The molecule has 1 aliphatic carbocycles. The number of fused-ring (bicyclic) bond motifs is 1. The predicted molar refractivity (Wildman–Crippen MR) is 116 cm³/mol. The van der Waals surface area contributed by atoms with Crippen molar-refractivity contribution in [1.29, 1.82) is 0 Å². The fourth-order valence-corrected chi connectivity index (χ4v) is 4.36. The minimum absolute atomic E-state index is 0.0149. The van der Waals surface area contributed by atoms with Gasteiger partial charge in [-0.3, -0.25) is 4.79 Å². The Labute approximate surface area is 176 Å². The van der Waals surface area contributed by atoms with Crippen LogP contribution in [0.3, 0.4) is 0 Å². The lowest BCUT2D eigenvalue weighted by molar-refractivity contribution is 0.0726. The van der Waals surface area contributed by atoms with Crippen LogP contribution in [-0.2, 0) is 0 Å².